The molecule has 124 valence electrons. The number of fused-ring (bicyclic) bond motifs is 5. The van der Waals surface area contributed by atoms with Gasteiger partial charge in [0.05, 0.1) is 18.2 Å². The summed E-state index contributed by atoms with van der Waals surface area (Å²) >= 11 is 0. The molecule has 2 aliphatic heterocycles. The molecular formula is C19H19FN2O2. The molecule has 4 aliphatic rings. The Morgan fingerprint density at radius 3 is 2.21 bits per heavy atom. The molecule has 2 bridgehead atoms. The Kier molecular flexibility index (Phi) is 2.98. The van der Waals surface area contributed by atoms with Gasteiger partial charge >= 0.3 is 0 Å². The first-order valence-electron chi connectivity index (χ1n) is 8.66. The molecule has 5 rings (SSSR count). The first kappa shape index (κ1) is 14.3. The molecule has 1 saturated carbocycles. The lowest BCUT2D eigenvalue weighted by Gasteiger charge is -2.24. The Morgan fingerprint density at radius 2 is 1.58 bits per heavy atom. The third-order valence-corrected chi connectivity index (χ3v) is 6.34. The van der Waals surface area contributed by atoms with Crippen LogP contribution >= 0.6 is 0 Å². The van der Waals surface area contributed by atoms with E-state index in [2.05, 4.69) is 17.1 Å². The van der Waals surface area contributed by atoms with Crippen LogP contribution in [0.4, 0.5) is 10.1 Å². The Hall–Kier alpha value is -2.01. The maximum absolute atomic E-state index is 13.1. The number of nitrogens with zero attached hydrogens (tertiary/aromatic N) is 2. The molecule has 24 heavy (non-hydrogen) atoms. The van der Waals surface area contributed by atoms with Crippen molar-refractivity contribution >= 4 is 17.5 Å². The second kappa shape index (κ2) is 4.99. The second-order valence-electron chi connectivity index (χ2n) is 7.49. The van der Waals surface area contributed by atoms with E-state index in [1.165, 1.54) is 35.6 Å². The lowest BCUT2D eigenvalue weighted by atomic mass is 9.86. The Balaban J connectivity index is 1.36. The van der Waals surface area contributed by atoms with Crippen molar-refractivity contribution < 1.29 is 14.0 Å². The monoisotopic (exact) mass is 326 g/mol. The summed E-state index contributed by atoms with van der Waals surface area (Å²) in [6.07, 6.45) is 6.17. The molecule has 1 aromatic carbocycles. The molecule has 2 heterocycles. The molecule has 4 nitrogen and oxygen atoms in total. The van der Waals surface area contributed by atoms with Gasteiger partial charge in [-0.05, 0) is 54.4 Å². The molecule has 2 saturated heterocycles. The molecular weight excluding hydrogens is 307 g/mol. The Morgan fingerprint density at radius 1 is 0.958 bits per heavy atom. The first-order chi connectivity index (χ1) is 11.6. The predicted octanol–water partition coefficient (Wildman–Crippen LogP) is 2.21. The van der Waals surface area contributed by atoms with Crippen LogP contribution in [0, 0.1) is 29.5 Å². The molecule has 0 N–H and O–H groups in total. The molecule has 3 fully saturated rings. The molecule has 2 amide bonds. The van der Waals surface area contributed by atoms with Crippen LogP contribution in [0.1, 0.15) is 12.8 Å². The van der Waals surface area contributed by atoms with Crippen molar-refractivity contribution in [2.75, 3.05) is 18.0 Å². The first-order valence-corrected chi connectivity index (χ1v) is 8.66. The molecule has 1 aromatic rings. The number of rotatable bonds is 2. The van der Waals surface area contributed by atoms with Gasteiger partial charge in [0.25, 0.3) is 5.91 Å². The zero-order valence-corrected chi connectivity index (χ0v) is 13.3. The predicted molar refractivity (Wildman–Crippen MR) is 86.6 cm³/mol. The summed E-state index contributed by atoms with van der Waals surface area (Å²) in [6, 6.07) is 5.21. The third kappa shape index (κ3) is 1.94. The van der Waals surface area contributed by atoms with Crippen molar-refractivity contribution in [3.63, 3.8) is 0 Å². The Bertz CT molecular complexity index is 724. The average molecular weight is 326 g/mol. The number of hydrogen-bond donors (Lipinski definition) is 0. The van der Waals surface area contributed by atoms with Gasteiger partial charge in [-0.1, -0.05) is 12.2 Å². The lowest BCUT2D eigenvalue weighted by molar-refractivity contribution is -0.122. The fourth-order valence-corrected chi connectivity index (χ4v) is 5.20. The van der Waals surface area contributed by atoms with Crippen LogP contribution in [0.2, 0.25) is 0 Å². The number of hydrogen-bond acceptors (Lipinski definition) is 3. The highest BCUT2D eigenvalue weighted by Crippen LogP contribution is 2.52. The molecule has 0 spiro atoms. The smallest absolute Gasteiger partial charge is 0.251 e. The van der Waals surface area contributed by atoms with Crippen LogP contribution in [0.3, 0.4) is 0 Å². The van der Waals surface area contributed by atoms with Crippen molar-refractivity contribution in [1.82, 2.24) is 4.90 Å². The van der Waals surface area contributed by atoms with Crippen LogP contribution in [0.5, 0.6) is 0 Å². The Labute approximate surface area is 139 Å². The molecule has 0 radical (unpaired) electrons. The maximum atomic E-state index is 13.1. The van der Waals surface area contributed by atoms with E-state index < -0.39 is 0 Å². The van der Waals surface area contributed by atoms with E-state index in [9.17, 15) is 14.0 Å². The zero-order chi connectivity index (χ0) is 16.4. The van der Waals surface area contributed by atoms with Crippen LogP contribution in [0.25, 0.3) is 0 Å². The van der Waals surface area contributed by atoms with E-state index in [1.54, 1.807) is 0 Å². The van der Waals surface area contributed by atoms with Gasteiger partial charge in [0.15, 0.2) is 0 Å². The number of allylic oxidation sites excluding steroid dienone is 2. The molecule has 2 aliphatic carbocycles. The molecule has 5 atom stereocenters. The van der Waals surface area contributed by atoms with Gasteiger partial charge in [-0.2, -0.15) is 0 Å². The second-order valence-corrected chi connectivity index (χ2v) is 7.49. The van der Waals surface area contributed by atoms with E-state index >= 15 is 0 Å². The van der Waals surface area contributed by atoms with Crippen LogP contribution in [0.15, 0.2) is 36.4 Å². The van der Waals surface area contributed by atoms with E-state index in [0.717, 1.165) is 13.1 Å². The summed E-state index contributed by atoms with van der Waals surface area (Å²) in [5.41, 5.74) is 0.468. The summed E-state index contributed by atoms with van der Waals surface area (Å²) in [5, 5.41) is 0. The topological polar surface area (TPSA) is 40.6 Å². The minimum absolute atomic E-state index is 0.160. The van der Waals surface area contributed by atoms with Crippen molar-refractivity contribution in [2.45, 2.75) is 18.9 Å². The number of halogens is 1. The number of amides is 2. The van der Waals surface area contributed by atoms with Crippen LogP contribution in [-0.2, 0) is 9.59 Å². The van der Waals surface area contributed by atoms with Gasteiger partial charge < -0.3 is 0 Å². The number of carbonyl (C=O) groups is 2. The number of carbonyl (C=O) groups excluding carboxylic acids is 2. The summed E-state index contributed by atoms with van der Waals surface area (Å²) in [6.45, 7) is 1.83. The third-order valence-electron chi connectivity index (χ3n) is 6.34. The quantitative estimate of drug-likeness (QED) is 0.618. The van der Waals surface area contributed by atoms with Gasteiger partial charge in [0.1, 0.15) is 5.82 Å². The maximum Gasteiger partial charge on any atom is 0.251 e. The summed E-state index contributed by atoms with van der Waals surface area (Å²) in [4.78, 5) is 28.7. The van der Waals surface area contributed by atoms with E-state index in [4.69, 9.17) is 0 Å². The van der Waals surface area contributed by atoms with E-state index in [0.29, 0.717) is 29.4 Å². The largest absolute Gasteiger partial charge is 0.291 e. The van der Waals surface area contributed by atoms with Gasteiger partial charge in [-0.3, -0.25) is 14.5 Å². The molecule has 0 aromatic heterocycles. The highest BCUT2D eigenvalue weighted by Gasteiger charge is 2.53. The molecule has 5 unspecified atom stereocenters. The van der Waals surface area contributed by atoms with Gasteiger partial charge in [0.2, 0.25) is 5.91 Å². The SMILES string of the molecule is O=C1CC(N2CC3C4C=CC(C4)C3C2)C(=O)N1c1ccc(F)cc1. The summed E-state index contributed by atoms with van der Waals surface area (Å²) in [7, 11) is 0. The normalized spacial score (nSPS) is 37.7. The van der Waals surface area contributed by atoms with Crippen molar-refractivity contribution in [3.8, 4) is 0 Å². The number of imide groups is 1. The number of anilines is 1. The van der Waals surface area contributed by atoms with Gasteiger partial charge in [0, 0.05) is 13.1 Å². The fraction of sp³-hybridized carbons (Fsp3) is 0.474. The van der Waals surface area contributed by atoms with Gasteiger partial charge in [-0.25, -0.2) is 9.29 Å². The zero-order valence-electron chi connectivity index (χ0n) is 13.3. The highest BCUT2D eigenvalue weighted by molar-refractivity contribution is 6.22. The number of benzene rings is 1. The van der Waals surface area contributed by atoms with Crippen LogP contribution < -0.4 is 4.90 Å². The fourth-order valence-electron chi connectivity index (χ4n) is 5.20. The number of likely N-dealkylation sites (tertiary alicyclic amines) is 1. The lowest BCUT2D eigenvalue weighted by Crippen LogP contribution is -2.41. The van der Waals surface area contributed by atoms with Crippen molar-refractivity contribution in [3.05, 3.63) is 42.2 Å². The minimum atomic E-state index is -0.371. The van der Waals surface area contributed by atoms with Crippen LogP contribution in [-0.4, -0.2) is 35.8 Å². The average Bonchev–Trinajstić information content (AvgIpc) is 3.30. The van der Waals surface area contributed by atoms with Crippen molar-refractivity contribution in [2.24, 2.45) is 23.7 Å². The molecule has 5 heteroatoms. The summed E-state index contributed by atoms with van der Waals surface area (Å²) in [5.74, 6) is 1.88. The van der Waals surface area contributed by atoms with E-state index in [-0.39, 0.29) is 30.1 Å². The minimum Gasteiger partial charge on any atom is -0.291 e. The summed E-state index contributed by atoms with van der Waals surface area (Å²) < 4.78 is 13.1. The van der Waals surface area contributed by atoms with Gasteiger partial charge in [-0.15, -0.1) is 0 Å². The highest BCUT2D eigenvalue weighted by atomic mass is 19.1. The van der Waals surface area contributed by atoms with Crippen molar-refractivity contribution in [1.29, 1.82) is 0 Å². The standard InChI is InChI=1S/C19H19FN2O2/c20-13-3-5-14(6-4-13)22-18(23)8-17(19(22)24)21-9-15-11-1-2-12(7-11)16(15)10-21/h1-6,11-12,15-17H,7-10H2. The van der Waals surface area contributed by atoms with E-state index in [1.807, 2.05) is 0 Å².